The molecule has 7 nitrogen and oxygen atoms in total. The normalized spacial score (nSPS) is 16.1. The van der Waals surface area contributed by atoms with E-state index >= 15 is 0 Å². The largest absolute Gasteiger partial charge is 0.400 e. The Kier molecular flexibility index (Phi) is 13.7. The molecule has 0 amide bonds. The Morgan fingerprint density at radius 1 is 1.27 bits per heavy atom. The minimum absolute atomic E-state index is 0.165. The van der Waals surface area contributed by atoms with E-state index < -0.39 is 5.82 Å². The van der Waals surface area contributed by atoms with E-state index in [-0.39, 0.29) is 17.8 Å². The molecule has 0 bridgehead atoms. The molecule has 2 N–H and O–H groups in total. The maximum absolute atomic E-state index is 14.3. The number of halogens is 2. The zero-order valence-corrected chi connectivity index (χ0v) is 22.4. The van der Waals surface area contributed by atoms with Gasteiger partial charge in [-0.05, 0) is 76.0 Å². The molecule has 37 heavy (non-hydrogen) atoms. The summed E-state index contributed by atoms with van der Waals surface area (Å²) in [6.45, 7) is 6.17. The van der Waals surface area contributed by atoms with E-state index in [9.17, 15) is 9.18 Å². The second kappa shape index (κ2) is 16.7. The van der Waals surface area contributed by atoms with Gasteiger partial charge in [-0.15, -0.1) is 0 Å². The van der Waals surface area contributed by atoms with Crippen molar-refractivity contribution in [2.24, 2.45) is 4.99 Å². The van der Waals surface area contributed by atoms with Gasteiger partial charge in [0.2, 0.25) is 0 Å². The third-order valence-electron chi connectivity index (χ3n) is 6.16. The van der Waals surface area contributed by atoms with Gasteiger partial charge in [-0.3, -0.25) is 4.99 Å². The number of aliphatic hydroxyl groups excluding tert-OH is 1. The lowest BCUT2D eigenvalue weighted by molar-refractivity contribution is -0.107. The lowest BCUT2D eigenvalue weighted by atomic mass is 9.99. The predicted octanol–water partition coefficient (Wildman–Crippen LogP) is 6.01. The number of hydrogen-bond acceptors (Lipinski definition) is 7. The SMILES string of the molecule is C=CN=C/C=C(\CC=O)Nc1nc(-c2cc(Cl)ccc2F)ncc1C1CCCC1.CN1CCCC1.CO. The molecule has 0 radical (unpaired) electrons. The highest BCUT2D eigenvalue weighted by molar-refractivity contribution is 6.30. The number of hydrogen-bond donors (Lipinski definition) is 2. The molecule has 200 valence electrons. The highest BCUT2D eigenvalue weighted by Crippen LogP contribution is 2.38. The molecule has 2 aliphatic rings. The molecule has 2 fully saturated rings. The number of carbonyl (C=O) groups excluding carboxylic acids is 1. The average Bonchev–Trinajstić information content (AvgIpc) is 3.62. The summed E-state index contributed by atoms with van der Waals surface area (Å²) < 4.78 is 14.3. The van der Waals surface area contributed by atoms with Crippen molar-refractivity contribution < 1.29 is 14.3 Å². The number of carbonyl (C=O) groups is 1. The molecule has 0 spiro atoms. The van der Waals surface area contributed by atoms with Crippen molar-refractivity contribution in [1.82, 2.24) is 14.9 Å². The number of aldehydes is 1. The van der Waals surface area contributed by atoms with E-state index in [1.807, 2.05) is 0 Å². The number of aliphatic imine (C=N–C) groups is 1. The van der Waals surface area contributed by atoms with Gasteiger partial charge in [0.15, 0.2) is 5.82 Å². The van der Waals surface area contributed by atoms with Crippen LogP contribution in [0.15, 0.2) is 53.9 Å². The monoisotopic (exact) mass is 529 g/mol. The molecule has 1 aromatic carbocycles. The Morgan fingerprint density at radius 3 is 2.57 bits per heavy atom. The van der Waals surface area contributed by atoms with E-state index in [0.717, 1.165) is 44.6 Å². The fraction of sp³-hybridized carbons (Fsp3) is 0.429. The number of benzene rings is 1. The van der Waals surface area contributed by atoms with Crippen molar-refractivity contribution in [3.63, 3.8) is 0 Å². The summed E-state index contributed by atoms with van der Waals surface area (Å²) in [6, 6.07) is 4.28. The Balaban J connectivity index is 0.000000519. The van der Waals surface area contributed by atoms with Crippen LogP contribution in [0.5, 0.6) is 0 Å². The van der Waals surface area contributed by atoms with Crippen LogP contribution < -0.4 is 5.32 Å². The van der Waals surface area contributed by atoms with Gasteiger partial charge in [0.25, 0.3) is 0 Å². The van der Waals surface area contributed by atoms with E-state index in [0.29, 0.717) is 22.5 Å². The second-order valence-corrected chi connectivity index (χ2v) is 9.22. The fourth-order valence-electron chi connectivity index (χ4n) is 4.30. The Bertz CT molecular complexity index is 1060. The Morgan fingerprint density at radius 2 is 1.97 bits per heavy atom. The quantitative estimate of drug-likeness (QED) is 0.321. The zero-order chi connectivity index (χ0) is 27.0. The minimum atomic E-state index is -0.448. The van der Waals surface area contributed by atoms with Gasteiger partial charge in [0, 0.05) is 48.4 Å². The van der Waals surface area contributed by atoms with Gasteiger partial charge in [0.05, 0.1) is 5.56 Å². The van der Waals surface area contributed by atoms with Crippen LogP contribution in [-0.4, -0.2) is 59.7 Å². The first-order chi connectivity index (χ1) is 18.0. The molecule has 4 rings (SSSR count). The zero-order valence-electron chi connectivity index (χ0n) is 21.7. The van der Waals surface area contributed by atoms with Crippen LogP contribution in [0.2, 0.25) is 5.02 Å². The second-order valence-electron chi connectivity index (χ2n) is 8.78. The highest BCUT2D eigenvalue weighted by Gasteiger charge is 2.23. The van der Waals surface area contributed by atoms with Crippen molar-refractivity contribution in [3.8, 4) is 11.4 Å². The summed E-state index contributed by atoms with van der Waals surface area (Å²) in [7, 11) is 3.17. The van der Waals surface area contributed by atoms with Crippen LogP contribution in [0.1, 0.15) is 56.4 Å². The number of anilines is 1. The van der Waals surface area contributed by atoms with Crippen molar-refractivity contribution in [1.29, 1.82) is 0 Å². The molecule has 1 saturated carbocycles. The average molecular weight is 530 g/mol. The summed E-state index contributed by atoms with van der Waals surface area (Å²) in [5, 5.41) is 10.6. The molecule has 9 heteroatoms. The van der Waals surface area contributed by atoms with Crippen LogP contribution in [-0.2, 0) is 4.79 Å². The van der Waals surface area contributed by atoms with Gasteiger partial charge in [-0.25, -0.2) is 14.4 Å². The molecule has 1 saturated heterocycles. The van der Waals surface area contributed by atoms with E-state index in [1.165, 1.54) is 50.3 Å². The summed E-state index contributed by atoms with van der Waals surface area (Å²) in [6.07, 6.45) is 14.6. The van der Waals surface area contributed by atoms with Crippen molar-refractivity contribution >= 4 is 29.9 Å². The number of aromatic nitrogens is 2. The third-order valence-corrected chi connectivity index (χ3v) is 6.40. The van der Waals surface area contributed by atoms with E-state index in [2.05, 4.69) is 38.8 Å². The lowest BCUT2D eigenvalue weighted by Gasteiger charge is -2.17. The molecular weight excluding hydrogens is 493 g/mol. The first kappa shape index (κ1) is 30.3. The molecule has 1 aliphatic heterocycles. The standard InChI is InChI=1S/C22H22ClFN4O.C5H11N.CH4O/c1-2-25-11-9-17(10-12-29)27-22-19(15-5-3-4-6-15)14-26-21(28-22)18-13-16(23)7-8-20(18)24;1-6-4-2-3-5-6;1-2/h2,7-9,11-15H,1,3-6,10H2,(H,26,27,28);2-5H2,1H3;2H,1H3/b17-9+,25-11?;;. The summed E-state index contributed by atoms with van der Waals surface area (Å²) >= 11 is 6.03. The third kappa shape index (κ3) is 9.80. The first-order valence-corrected chi connectivity index (χ1v) is 12.9. The number of aliphatic hydroxyl groups is 1. The minimum Gasteiger partial charge on any atom is -0.400 e. The summed E-state index contributed by atoms with van der Waals surface area (Å²) in [5.74, 6) is 0.687. The van der Waals surface area contributed by atoms with Crippen LogP contribution in [0.4, 0.5) is 10.2 Å². The highest BCUT2D eigenvalue weighted by atomic mass is 35.5. The Labute approximate surface area is 224 Å². The molecule has 1 aliphatic carbocycles. The van der Waals surface area contributed by atoms with Gasteiger partial charge in [-0.2, -0.15) is 0 Å². The number of allylic oxidation sites excluding steroid dienone is 2. The number of nitrogens with zero attached hydrogens (tertiary/aromatic N) is 4. The van der Waals surface area contributed by atoms with Gasteiger partial charge in [0.1, 0.15) is 17.9 Å². The van der Waals surface area contributed by atoms with Crippen molar-refractivity contribution in [2.45, 2.75) is 50.9 Å². The molecule has 2 aromatic rings. The molecule has 0 atom stereocenters. The summed E-state index contributed by atoms with van der Waals surface area (Å²) in [5.41, 5.74) is 1.82. The Hall–Kier alpha value is -2.94. The number of nitrogens with one attached hydrogen (secondary N) is 1. The van der Waals surface area contributed by atoms with Crippen LogP contribution >= 0.6 is 11.6 Å². The molecule has 0 unspecified atom stereocenters. The fourth-order valence-corrected chi connectivity index (χ4v) is 4.47. The maximum Gasteiger partial charge on any atom is 0.164 e. The molecule has 2 heterocycles. The first-order valence-electron chi connectivity index (χ1n) is 12.5. The topological polar surface area (TPSA) is 90.7 Å². The van der Waals surface area contributed by atoms with Crippen LogP contribution in [0.3, 0.4) is 0 Å². The van der Waals surface area contributed by atoms with E-state index in [1.54, 1.807) is 18.5 Å². The maximum atomic E-state index is 14.3. The van der Waals surface area contributed by atoms with Crippen LogP contribution in [0, 0.1) is 5.82 Å². The molecule has 1 aromatic heterocycles. The summed E-state index contributed by atoms with van der Waals surface area (Å²) in [4.78, 5) is 26.4. The molecular formula is C28H37ClFN5O2. The van der Waals surface area contributed by atoms with Crippen molar-refractivity contribution in [2.75, 3.05) is 32.6 Å². The predicted molar refractivity (Wildman–Crippen MR) is 150 cm³/mol. The smallest absolute Gasteiger partial charge is 0.164 e. The van der Waals surface area contributed by atoms with Crippen LogP contribution in [0.25, 0.3) is 11.4 Å². The van der Waals surface area contributed by atoms with Crippen molar-refractivity contribution in [3.05, 3.63) is 65.4 Å². The van der Waals surface area contributed by atoms with Gasteiger partial charge >= 0.3 is 0 Å². The van der Waals surface area contributed by atoms with Gasteiger partial charge in [-0.1, -0.05) is 31.0 Å². The van der Waals surface area contributed by atoms with E-state index in [4.69, 9.17) is 16.7 Å². The number of rotatable bonds is 8. The number of likely N-dealkylation sites (tertiary alicyclic amines) is 1. The lowest BCUT2D eigenvalue weighted by Crippen LogP contribution is -2.10. The van der Waals surface area contributed by atoms with Gasteiger partial charge < -0.3 is 20.1 Å².